The molecule has 0 saturated carbocycles. The van der Waals surface area contributed by atoms with Crippen molar-refractivity contribution >= 4 is 17.6 Å². The molecule has 1 aromatic heterocycles. The molecule has 2 aliphatic rings. The number of hydrogen-bond acceptors (Lipinski definition) is 4. The molecule has 4 rings (SSSR count). The van der Waals surface area contributed by atoms with E-state index in [1.807, 2.05) is 35.2 Å². The molecule has 1 aliphatic carbocycles. The van der Waals surface area contributed by atoms with Crippen LogP contribution in [-0.2, 0) is 17.6 Å². The Labute approximate surface area is 177 Å². The molecule has 0 bridgehead atoms. The van der Waals surface area contributed by atoms with Crippen molar-refractivity contribution in [2.45, 2.75) is 38.6 Å². The molecule has 1 aromatic carbocycles. The van der Waals surface area contributed by atoms with Crippen molar-refractivity contribution in [2.24, 2.45) is 0 Å². The van der Waals surface area contributed by atoms with E-state index in [4.69, 9.17) is 4.42 Å². The lowest BCUT2D eigenvalue weighted by molar-refractivity contribution is -0.117. The van der Waals surface area contributed by atoms with Crippen LogP contribution in [0, 0.1) is 0 Å². The molecule has 2 heterocycles. The minimum Gasteiger partial charge on any atom is -0.469 e. The number of carbonyl (C=O) groups excluding carboxylic acids is 2. The maximum atomic E-state index is 12.7. The lowest BCUT2D eigenvalue weighted by Crippen LogP contribution is -2.53. The minimum absolute atomic E-state index is 0.0107. The van der Waals surface area contributed by atoms with Crippen LogP contribution in [0.2, 0.25) is 0 Å². The Bertz CT molecular complexity index is 886. The number of hydrogen-bond donors (Lipinski definition) is 2. The number of fused-ring (bicyclic) bond motifs is 1. The Kier molecular flexibility index (Phi) is 6.38. The van der Waals surface area contributed by atoms with Gasteiger partial charge in [-0.1, -0.05) is 25.1 Å². The molecule has 0 radical (unpaired) electrons. The number of furan rings is 1. The van der Waals surface area contributed by atoms with E-state index in [1.54, 1.807) is 6.26 Å². The maximum Gasteiger partial charge on any atom is 0.317 e. The fourth-order valence-electron chi connectivity index (χ4n) is 4.33. The molecule has 0 spiro atoms. The molecule has 7 heteroatoms. The molecule has 2 N–H and O–H groups in total. The third-order valence-electron chi connectivity index (χ3n) is 6.05. The first-order valence-corrected chi connectivity index (χ1v) is 10.9. The number of urea groups is 1. The number of aryl methyl sites for hydroxylation is 2. The van der Waals surface area contributed by atoms with Crippen LogP contribution in [0.1, 0.15) is 42.7 Å². The second-order valence-electron chi connectivity index (χ2n) is 8.02. The summed E-state index contributed by atoms with van der Waals surface area (Å²) in [5.41, 5.74) is 3.13. The number of nitrogens with one attached hydrogen (secondary N) is 2. The van der Waals surface area contributed by atoms with Crippen molar-refractivity contribution in [3.05, 3.63) is 53.5 Å². The summed E-state index contributed by atoms with van der Waals surface area (Å²) >= 11 is 0. The fraction of sp³-hybridized carbons (Fsp3) is 0.478. The summed E-state index contributed by atoms with van der Waals surface area (Å²) in [6.07, 6.45) is 5.49. The van der Waals surface area contributed by atoms with Gasteiger partial charge in [0.1, 0.15) is 5.76 Å². The van der Waals surface area contributed by atoms with Crippen molar-refractivity contribution in [2.75, 3.05) is 38.0 Å². The van der Waals surface area contributed by atoms with E-state index in [1.165, 1.54) is 0 Å². The third kappa shape index (κ3) is 4.67. The summed E-state index contributed by atoms with van der Waals surface area (Å²) in [6, 6.07) is 9.86. The van der Waals surface area contributed by atoms with E-state index in [2.05, 4.69) is 22.5 Å². The zero-order chi connectivity index (χ0) is 20.9. The Hall–Kier alpha value is -2.80. The highest BCUT2D eigenvalue weighted by Crippen LogP contribution is 2.30. The maximum absolute atomic E-state index is 12.7. The normalized spacial score (nSPS) is 19.2. The van der Waals surface area contributed by atoms with Gasteiger partial charge in [0.05, 0.1) is 18.8 Å². The van der Waals surface area contributed by atoms with E-state index < -0.39 is 0 Å². The molecule has 3 amide bonds. The Morgan fingerprint density at radius 1 is 1.13 bits per heavy atom. The number of carbonyl (C=O) groups is 2. The fourth-order valence-corrected chi connectivity index (χ4v) is 4.33. The van der Waals surface area contributed by atoms with Crippen molar-refractivity contribution in [3.63, 3.8) is 0 Å². The van der Waals surface area contributed by atoms with Gasteiger partial charge in [0.15, 0.2) is 0 Å². The zero-order valence-electron chi connectivity index (χ0n) is 17.5. The van der Waals surface area contributed by atoms with E-state index in [9.17, 15) is 9.59 Å². The van der Waals surface area contributed by atoms with Gasteiger partial charge in [-0.05, 0) is 37.0 Å². The lowest BCUT2D eigenvalue weighted by Gasteiger charge is -2.35. The van der Waals surface area contributed by atoms with Crippen molar-refractivity contribution in [3.8, 4) is 0 Å². The lowest BCUT2D eigenvalue weighted by atomic mass is 9.93. The monoisotopic (exact) mass is 410 g/mol. The minimum atomic E-state index is -0.0324. The van der Waals surface area contributed by atoms with Crippen LogP contribution in [0.3, 0.4) is 0 Å². The first-order chi connectivity index (χ1) is 14.6. The third-order valence-corrected chi connectivity index (χ3v) is 6.05. The van der Waals surface area contributed by atoms with Crippen molar-refractivity contribution in [1.29, 1.82) is 0 Å². The molecule has 1 fully saturated rings. The second kappa shape index (κ2) is 9.34. The van der Waals surface area contributed by atoms with E-state index in [0.717, 1.165) is 48.3 Å². The van der Waals surface area contributed by atoms with E-state index >= 15 is 0 Å². The van der Waals surface area contributed by atoms with Crippen LogP contribution < -0.4 is 10.6 Å². The predicted molar refractivity (Wildman–Crippen MR) is 115 cm³/mol. The number of nitrogens with zero attached hydrogens (tertiary/aromatic N) is 2. The van der Waals surface area contributed by atoms with Gasteiger partial charge in [-0.2, -0.15) is 0 Å². The Morgan fingerprint density at radius 2 is 1.93 bits per heavy atom. The van der Waals surface area contributed by atoms with Gasteiger partial charge in [0.25, 0.3) is 0 Å². The van der Waals surface area contributed by atoms with Crippen LogP contribution >= 0.6 is 0 Å². The summed E-state index contributed by atoms with van der Waals surface area (Å²) in [5.74, 6) is 0.982. The quantitative estimate of drug-likeness (QED) is 0.794. The second-order valence-corrected chi connectivity index (χ2v) is 8.02. The highest BCUT2D eigenvalue weighted by molar-refractivity contribution is 5.93. The Morgan fingerprint density at radius 3 is 2.73 bits per heavy atom. The smallest absolute Gasteiger partial charge is 0.317 e. The summed E-state index contributed by atoms with van der Waals surface area (Å²) < 4.78 is 5.51. The zero-order valence-corrected chi connectivity index (χ0v) is 17.5. The molecule has 160 valence electrons. The largest absolute Gasteiger partial charge is 0.469 e. The first-order valence-electron chi connectivity index (χ1n) is 10.9. The molecule has 1 aliphatic heterocycles. The van der Waals surface area contributed by atoms with E-state index in [0.29, 0.717) is 32.7 Å². The number of piperazine rings is 1. The summed E-state index contributed by atoms with van der Waals surface area (Å²) in [5, 5.41) is 6.18. The SMILES string of the molecule is CCc1ccccc1NC(=O)CN1CCN(C(=O)N[C@@H]2CCCc3occc32)CC1. The standard InChI is InChI=1S/C23H30N4O3/c1-2-17-6-3-4-7-19(17)24-22(28)16-26-11-13-27(14-12-26)23(29)25-20-8-5-9-21-18(20)10-15-30-21/h3-4,6-7,10,15,20H,2,5,8-9,11-14,16H2,1H3,(H,24,28)(H,25,29)/t20-/m1/s1. The van der Waals surface area contributed by atoms with Gasteiger partial charge < -0.3 is 20.0 Å². The average molecular weight is 411 g/mol. The highest BCUT2D eigenvalue weighted by Gasteiger charge is 2.28. The van der Waals surface area contributed by atoms with Crippen molar-refractivity contribution < 1.29 is 14.0 Å². The number of anilines is 1. The van der Waals surface area contributed by atoms with Crippen LogP contribution in [0.25, 0.3) is 0 Å². The van der Waals surface area contributed by atoms with Crippen LogP contribution in [0.4, 0.5) is 10.5 Å². The highest BCUT2D eigenvalue weighted by atomic mass is 16.3. The van der Waals surface area contributed by atoms with Gasteiger partial charge in [-0.25, -0.2) is 4.79 Å². The van der Waals surface area contributed by atoms with E-state index in [-0.39, 0.29) is 18.0 Å². The molecule has 2 aromatic rings. The van der Waals surface area contributed by atoms with Crippen LogP contribution in [0.15, 0.2) is 41.0 Å². The number of amides is 3. The predicted octanol–water partition coefficient (Wildman–Crippen LogP) is 3.19. The van der Waals surface area contributed by atoms with Crippen LogP contribution in [0.5, 0.6) is 0 Å². The average Bonchev–Trinajstić information content (AvgIpc) is 3.24. The topological polar surface area (TPSA) is 77.8 Å². The number of rotatable bonds is 5. The summed E-state index contributed by atoms with van der Waals surface area (Å²) in [6.45, 7) is 5.05. The molecule has 1 atom stereocenters. The molecular formula is C23H30N4O3. The van der Waals surface area contributed by atoms with Gasteiger partial charge >= 0.3 is 6.03 Å². The summed E-state index contributed by atoms with van der Waals surface area (Å²) in [7, 11) is 0. The van der Waals surface area contributed by atoms with Crippen LogP contribution in [-0.4, -0.2) is 54.5 Å². The van der Waals surface area contributed by atoms with Gasteiger partial charge in [-0.3, -0.25) is 9.69 Å². The Balaban J connectivity index is 1.24. The van der Waals surface area contributed by atoms with Gasteiger partial charge in [0, 0.05) is 43.9 Å². The number of para-hydroxylation sites is 1. The molecule has 30 heavy (non-hydrogen) atoms. The molecule has 0 unspecified atom stereocenters. The van der Waals surface area contributed by atoms with Gasteiger partial charge in [0.2, 0.25) is 5.91 Å². The van der Waals surface area contributed by atoms with Gasteiger partial charge in [-0.15, -0.1) is 0 Å². The summed E-state index contributed by atoms with van der Waals surface area (Å²) in [4.78, 5) is 29.1. The van der Waals surface area contributed by atoms with Crippen molar-refractivity contribution in [1.82, 2.24) is 15.1 Å². The molecule has 1 saturated heterocycles. The molecule has 7 nitrogen and oxygen atoms in total. The first kappa shape index (κ1) is 20.5. The molecular weight excluding hydrogens is 380 g/mol. The number of benzene rings is 1.